The van der Waals surface area contributed by atoms with E-state index in [2.05, 4.69) is 6.92 Å². The molecule has 0 aromatic heterocycles. The van der Waals surface area contributed by atoms with Gasteiger partial charge in [-0.25, -0.2) is 0 Å². The predicted molar refractivity (Wildman–Crippen MR) is 69.3 cm³/mol. The molecule has 4 nitrogen and oxygen atoms in total. The van der Waals surface area contributed by atoms with Crippen LogP contribution in [0.5, 0.6) is 11.5 Å². The number of aryl methyl sites for hydroxylation is 1. The summed E-state index contributed by atoms with van der Waals surface area (Å²) in [7, 11) is 1.57. The lowest BCUT2D eigenvalue weighted by Gasteiger charge is -2.20. The van der Waals surface area contributed by atoms with Crippen molar-refractivity contribution in [1.82, 2.24) is 0 Å². The van der Waals surface area contributed by atoms with Gasteiger partial charge in [0.05, 0.1) is 12.5 Å². The molecule has 1 rings (SSSR count). The van der Waals surface area contributed by atoms with Crippen LogP contribution in [-0.2, 0) is 11.2 Å². The van der Waals surface area contributed by atoms with E-state index >= 15 is 0 Å². The zero-order chi connectivity index (χ0) is 13.8. The summed E-state index contributed by atoms with van der Waals surface area (Å²) in [5.74, 6) is 0.325. The third kappa shape index (κ3) is 3.39. The maximum absolute atomic E-state index is 11.0. The SMILES string of the molecule is CCc1ccc(OCC(C)(C)C(=O)O)c(OC)c1. The van der Waals surface area contributed by atoms with Gasteiger partial charge in [0.1, 0.15) is 6.61 Å². The Morgan fingerprint density at radius 3 is 2.50 bits per heavy atom. The number of ether oxygens (including phenoxy) is 2. The highest BCUT2D eigenvalue weighted by molar-refractivity contribution is 5.73. The molecule has 1 aromatic carbocycles. The molecule has 18 heavy (non-hydrogen) atoms. The summed E-state index contributed by atoms with van der Waals surface area (Å²) in [5.41, 5.74) is 0.228. The molecule has 100 valence electrons. The van der Waals surface area contributed by atoms with E-state index in [9.17, 15) is 4.79 Å². The molecule has 0 aliphatic heterocycles. The first kappa shape index (κ1) is 14.4. The first-order valence-corrected chi connectivity index (χ1v) is 5.94. The van der Waals surface area contributed by atoms with Gasteiger partial charge >= 0.3 is 5.97 Å². The van der Waals surface area contributed by atoms with Crippen molar-refractivity contribution >= 4 is 5.97 Å². The van der Waals surface area contributed by atoms with Gasteiger partial charge < -0.3 is 14.6 Å². The molecule has 0 heterocycles. The number of methoxy groups -OCH3 is 1. The first-order chi connectivity index (χ1) is 8.40. The minimum Gasteiger partial charge on any atom is -0.493 e. The zero-order valence-electron chi connectivity index (χ0n) is 11.3. The molecule has 0 bridgehead atoms. The molecule has 0 aliphatic carbocycles. The fourth-order valence-corrected chi connectivity index (χ4v) is 1.37. The smallest absolute Gasteiger partial charge is 0.312 e. The largest absolute Gasteiger partial charge is 0.493 e. The molecule has 0 unspecified atom stereocenters. The number of aliphatic carboxylic acids is 1. The molecule has 0 amide bonds. The summed E-state index contributed by atoms with van der Waals surface area (Å²) in [6.07, 6.45) is 0.914. The standard InChI is InChI=1S/C14H20O4/c1-5-10-6-7-11(12(8-10)17-4)18-9-14(2,3)13(15)16/h6-8H,5,9H2,1-4H3,(H,15,16). The van der Waals surface area contributed by atoms with Crippen LogP contribution in [0.25, 0.3) is 0 Å². The van der Waals surface area contributed by atoms with E-state index < -0.39 is 11.4 Å². The third-order valence-corrected chi connectivity index (χ3v) is 2.80. The second-order valence-electron chi connectivity index (χ2n) is 4.82. The number of hydrogen-bond acceptors (Lipinski definition) is 3. The first-order valence-electron chi connectivity index (χ1n) is 5.94. The highest BCUT2D eigenvalue weighted by atomic mass is 16.5. The molecule has 0 radical (unpaired) electrons. The normalized spacial score (nSPS) is 11.1. The van der Waals surface area contributed by atoms with E-state index in [1.165, 1.54) is 0 Å². The summed E-state index contributed by atoms with van der Waals surface area (Å²) >= 11 is 0. The number of carboxylic acid groups (broad SMARTS) is 1. The van der Waals surface area contributed by atoms with Gasteiger partial charge in [-0.2, -0.15) is 0 Å². The van der Waals surface area contributed by atoms with E-state index in [-0.39, 0.29) is 6.61 Å². The number of carboxylic acids is 1. The van der Waals surface area contributed by atoms with Crippen molar-refractivity contribution in [1.29, 1.82) is 0 Å². The molecule has 0 saturated carbocycles. The van der Waals surface area contributed by atoms with Crippen molar-refractivity contribution in [2.75, 3.05) is 13.7 Å². The van der Waals surface area contributed by atoms with Crippen LogP contribution in [0.4, 0.5) is 0 Å². The lowest BCUT2D eigenvalue weighted by atomic mass is 9.95. The van der Waals surface area contributed by atoms with Gasteiger partial charge in [-0.05, 0) is 38.0 Å². The van der Waals surface area contributed by atoms with Crippen LogP contribution in [0.2, 0.25) is 0 Å². The second kappa shape index (κ2) is 5.76. The van der Waals surface area contributed by atoms with E-state index in [1.54, 1.807) is 21.0 Å². The Balaban J connectivity index is 2.82. The molecule has 0 fully saturated rings. The van der Waals surface area contributed by atoms with Gasteiger partial charge in [-0.3, -0.25) is 4.79 Å². The van der Waals surface area contributed by atoms with Gasteiger partial charge in [0, 0.05) is 0 Å². The number of benzene rings is 1. The van der Waals surface area contributed by atoms with Crippen LogP contribution >= 0.6 is 0 Å². The Bertz CT molecular complexity index is 424. The summed E-state index contributed by atoms with van der Waals surface area (Å²) < 4.78 is 10.8. The summed E-state index contributed by atoms with van der Waals surface area (Å²) in [6.45, 7) is 5.41. The molecular formula is C14H20O4. The molecule has 0 saturated heterocycles. The topological polar surface area (TPSA) is 55.8 Å². The molecular weight excluding hydrogens is 232 g/mol. The van der Waals surface area contributed by atoms with Crippen molar-refractivity contribution < 1.29 is 19.4 Å². The number of carbonyl (C=O) groups is 1. The maximum Gasteiger partial charge on any atom is 0.312 e. The average molecular weight is 252 g/mol. The van der Waals surface area contributed by atoms with Gasteiger partial charge in [-0.1, -0.05) is 13.0 Å². The van der Waals surface area contributed by atoms with Crippen molar-refractivity contribution in [2.24, 2.45) is 5.41 Å². The van der Waals surface area contributed by atoms with E-state index in [0.29, 0.717) is 11.5 Å². The Morgan fingerprint density at radius 1 is 1.33 bits per heavy atom. The van der Waals surface area contributed by atoms with E-state index in [1.807, 2.05) is 18.2 Å². The maximum atomic E-state index is 11.0. The fourth-order valence-electron chi connectivity index (χ4n) is 1.37. The fraction of sp³-hybridized carbons (Fsp3) is 0.500. The van der Waals surface area contributed by atoms with Crippen LogP contribution in [0.1, 0.15) is 26.3 Å². The van der Waals surface area contributed by atoms with Gasteiger partial charge in [0.2, 0.25) is 0 Å². The van der Waals surface area contributed by atoms with Crippen molar-refractivity contribution in [3.05, 3.63) is 23.8 Å². The van der Waals surface area contributed by atoms with Crippen LogP contribution in [-0.4, -0.2) is 24.8 Å². The number of rotatable bonds is 6. The molecule has 0 spiro atoms. The molecule has 1 N–H and O–H groups in total. The highest BCUT2D eigenvalue weighted by Crippen LogP contribution is 2.30. The van der Waals surface area contributed by atoms with Crippen LogP contribution in [0.3, 0.4) is 0 Å². The Hall–Kier alpha value is -1.71. The van der Waals surface area contributed by atoms with Gasteiger partial charge in [0.25, 0.3) is 0 Å². The van der Waals surface area contributed by atoms with E-state index in [0.717, 1.165) is 12.0 Å². The summed E-state index contributed by atoms with van der Waals surface area (Å²) in [4.78, 5) is 11.0. The van der Waals surface area contributed by atoms with E-state index in [4.69, 9.17) is 14.6 Å². The third-order valence-electron chi connectivity index (χ3n) is 2.80. The average Bonchev–Trinajstić information content (AvgIpc) is 2.35. The Kier molecular flexibility index (Phi) is 4.59. The highest BCUT2D eigenvalue weighted by Gasteiger charge is 2.28. The monoisotopic (exact) mass is 252 g/mol. The molecule has 4 heteroatoms. The minimum atomic E-state index is -0.922. The second-order valence-corrected chi connectivity index (χ2v) is 4.82. The van der Waals surface area contributed by atoms with Crippen molar-refractivity contribution in [3.63, 3.8) is 0 Å². The lowest BCUT2D eigenvalue weighted by Crippen LogP contribution is -2.30. The Labute approximate surface area is 108 Å². The molecule has 0 aliphatic rings. The Morgan fingerprint density at radius 2 is 2.00 bits per heavy atom. The van der Waals surface area contributed by atoms with Crippen molar-refractivity contribution in [3.8, 4) is 11.5 Å². The molecule has 0 atom stereocenters. The summed E-state index contributed by atoms with van der Waals surface area (Å²) in [5, 5.41) is 9.02. The zero-order valence-corrected chi connectivity index (χ0v) is 11.3. The summed E-state index contributed by atoms with van der Waals surface area (Å²) in [6, 6.07) is 5.67. The molecule has 1 aromatic rings. The van der Waals surface area contributed by atoms with Gasteiger partial charge in [-0.15, -0.1) is 0 Å². The van der Waals surface area contributed by atoms with Crippen molar-refractivity contribution in [2.45, 2.75) is 27.2 Å². The van der Waals surface area contributed by atoms with Crippen LogP contribution in [0, 0.1) is 5.41 Å². The van der Waals surface area contributed by atoms with Gasteiger partial charge in [0.15, 0.2) is 11.5 Å². The number of hydrogen-bond donors (Lipinski definition) is 1. The minimum absolute atomic E-state index is 0.101. The lowest BCUT2D eigenvalue weighted by molar-refractivity contribution is -0.148. The quantitative estimate of drug-likeness (QED) is 0.845. The predicted octanol–water partition coefficient (Wildman–Crippen LogP) is 2.75. The van der Waals surface area contributed by atoms with Crippen LogP contribution in [0.15, 0.2) is 18.2 Å². The van der Waals surface area contributed by atoms with Crippen LogP contribution < -0.4 is 9.47 Å².